The number of anilines is 1. The van der Waals surface area contributed by atoms with Crippen molar-refractivity contribution in [3.63, 3.8) is 0 Å². The highest BCUT2D eigenvalue weighted by Crippen LogP contribution is 2.21. The number of aryl methyl sites for hydroxylation is 1. The lowest BCUT2D eigenvalue weighted by Crippen LogP contribution is -2.36. The molecule has 0 heterocycles. The summed E-state index contributed by atoms with van der Waals surface area (Å²) in [6.45, 7) is 3.73. The van der Waals surface area contributed by atoms with E-state index in [9.17, 15) is 4.79 Å². The smallest absolute Gasteiger partial charge is 0.241 e. The summed E-state index contributed by atoms with van der Waals surface area (Å²) in [5, 5.41) is 5.72. The van der Waals surface area contributed by atoms with Crippen LogP contribution in [0.1, 0.15) is 18.1 Å². The van der Waals surface area contributed by atoms with Gasteiger partial charge < -0.3 is 16.4 Å². The molecule has 17 heavy (non-hydrogen) atoms. The summed E-state index contributed by atoms with van der Waals surface area (Å²) in [6, 6.07) is 5.34. The van der Waals surface area contributed by atoms with Crippen LogP contribution >= 0.6 is 12.2 Å². The van der Waals surface area contributed by atoms with E-state index < -0.39 is 0 Å². The van der Waals surface area contributed by atoms with Gasteiger partial charge in [0, 0.05) is 18.3 Å². The normalized spacial score (nSPS) is 11.7. The molecule has 0 spiro atoms. The van der Waals surface area contributed by atoms with Crippen LogP contribution in [0.5, 0.6) is 0 Å². The monoisotopic (exact) mass is 251 g/mol. The van der Waals surface area contributed by atoms with Gasteiger partial charge in [-0.25, -0.2) is 0 Å². The fourth-order valence-electron chi connectivity index (χ4n) is 1.56. The Balaban J connectivity index is 3.05. The summed E-state index contributed by atoms with van der Waals surface area (Å²) in [5.74, 6) is -0.0813. The second-order valence-electron chi connectivity index (χ2n) is 3.84. The Morgan fingerprint density at radius 3 is 2.65 bits per heavy atom. The van der Waals surface area contributed by atoms with Gasteiger partial charge in [-0.2, -0.15) is 0 Å². The molecule has 0 aliphatic heterocycles. The van der Waals surface area contributed by atoms with Crippen LogP contribution in [-0.4, -0.2) is 24.0 Å². The maximum Gasteiger partial charge on any atom is 0.241 e. The zero-order valence-corrected chi connectivity index (χ0v) is 11.0. The molecule has 0 bridgehead atoms. The largest absolute Gasteiger partial charge is 0.389 e. The van der Waals surface area contributed by atoms with E-state index in [-0.39, 0.29) is 11.9 Å². The lowest BCUT2D eigenvalue weighted by Gasteiger charge is -2.18. The number of para-hydroxylation sites is 1. The summed E-state index contributed by atoms with van der Waals surface area (Å²) >= 11 is 4.99. The molecule has 0 aromatic heterocycles. The number of nitrogens with one attached hydrogen (secondary N) is 2. The topological polar surface area (TPSA) is 67.2 Å². The molecular formula is C12H17N3OS. The number of carbonyl (C=O) groups excluding carboxylic acids is 1. The number of likely N-dealkylation sites (N-methyl/N-ethyl adjacent to an activating group) is 1. The SMILES string of the molecule is CNC(=O)C(C)Nc1c(C)cccc1C(N)=S. The Labute approximate surface area is 107 Å². The first-order valence-electron chi connectivity index (χ1n) is 5.35. The number of amides is 1. The van der Waals surface area contributed by atoms with E-state index in [0.29, 0.717) is 4.99 Å². The molecule has 0 aliphatic rings. The predicted molar refractivity (Wildman–Crippen MR) is 74.2 cm³/mol. The highest BCUT2D eigenvalue weighted by molar-refractivity contribution is 7.80. The highest BCUT2D eigenvalue weighted by atomic mass is 32.1. The summed E-state index contributed by atoms with van der Waals surface area (Å²) < 4.78 is 0. The van der Waals surface area contributed by atoms with Crippen LogP contribution in [0.2, 0.25) is 0 Å². The Morgan fingerprint density at radius 2 is 2.12 bits per heavy atom. The molecule has 0 aliphatic carbocycles. The van der Waals surface area contributed by atoms with Crippen LogP contribution in [0.3, 0.4) is 0 Å². The van der Waals surface area contributed by atoms with Gasteiger partial charge in [0.1, 0.15) is 11.0 Å². The summed E-state index contributed by atoms with van der Waals surface area (Å²) in [7, 11) is 1.60. The minimum atomic E-state index is -0.339. The number of rotatable bonds is 4. The molecule has 1 amide bonds. The van der Waals surface area contributed by atoms with Gasteiger partial charge in [-0.15, -0.1) is 0 Å². The van der Waals surface area contributed by atoms with E-state index in [1.54, 1.807) is 14.0 Å². The van der Waals surface area contributed by atoms with Crippen molar-refractivity contribution in [1.82, 2.24) is 5.32 Å². The minimum absolute atomic E-state index is 0.0813. The average molecular weight is 251 g/mol. The van der Waals surface area contributed by atoms with Gasteiger partial charge in [-0.3, -0.25) is 4.79 Å². The Bertz CT molecular complexity index is 445. The fraction of sp³-hybridized carbons (Fsp3) is 0.333. The summed E-state index contributed by atoms with van der Waals surface area (Å²) in [5.41, 5.74) is 8.24. The molecule has 92 valence electrons. The number of nitrogens with two attached hydrogens (primary N) is 1. The van der Waals surface area contributed by atoms with Crippen molar-refractivity contribution >= 4 is 28.8 Å². The van der Waals surface area contributed by atoms with Crippen LogP contribution in [0.4, 0.5) is 5.69 Å². The molecule has 0 saturated carbocycles. The van der Waals surface area contributed by atoms with Crippen molar-refractivity contribution in [1.29, 1.82) is 0 Å². The Kier molecular flexibility index (Phi) is 4.45. The highest BCUT2D eigenvalue weighted by Gasteiger charge is 2.14. The number of hydrogen-bond acceptors (Lipinski definition) is 3. The number of benzene rings is 1. The van der Waals surface area contributed by atoms with Crippen LogP contribution in [0.25, 0.3) is 0 Å². The number of carbonyl (C=O) groups is 1. The molecule has 0 saturated heterocycles. The van der Waals surface area contributed by atoms with E-state index in [0.717, 1.165) is 16.8 Å². The average Bonchev–Trinajstić information content (AvgIpc) is 2.30. The molecule has 4 N–H and O–H groups in total. The first-order valence-corrected chi connectivity index (χ1v) is 5.75. The predicted octanol–water partition coefficient (Wildman–Crippen LogP) is 1.18. The summed E-state index contributed by atoms with van der Waals surface area (Å²) in [6.07, 6.45) is 0. The third-order valence-corrected chi connectivity index (χ3v) is 2.76. The van der Waals surface area contributed by atoms with Gasteiger partial charge in [-0.1, -0.05) is 24.4 Å². The third kappa shape index (κ3) is 3.17. The van der Waals surface area contributed by atoms with Crippen molar-refractivity contribution in [3.8, 4) is 0 Å². The second-order valence-corrected chi connectivity index (χ2v) is 4.28. The van der Waals surface area contributed by atoms with Gasteiger partial charge in [0.25, 0.3) is 0 Å². The van der Waals surface area contributed by atoms with Crippen molar-refractivity contribution in [2.24, 2.45) is 5.73 Å². The lowest BCUT2D eigenvalue weighted by atomic mass is 10.1. The van der Waals surface area contributed by atoms with Crippen LogP contribution in [0.15, 0.2) is 18.2 Å². The molecule has 1 atom stereocenters. The second kappa shape index (κ2) is 5.63. The molecule has 5 heteroatoms. The zero-order chi connectivity index (χ0) is 13.0. The molecule has 1 aromatic carbocycles. The van der Waals surface area contributed by atoms with Crippen molar-refractivity contribution in [3.05, 3.63) is 29.3 Å². The van der Waals surface area contributed by atoms with Crippen molar-refractivity contribution < 1.29 is 4.79 Å². The fourth-order valence-corrected chi connectivity index (χ4v) is 1.73. The summed E-state index contributed by atoms with van der Waals surface area (Å²) in [4.78, 5) is 11.8. The lowest BCUT2D eigenvalue weighted by molar-refractivity contribution is -0.121. The van der Waals surface area contributed by atoms with Gasteiger partial charge in [-0.05, 0) is 25.5 Å². The third-order valence-electron chi connectivity index (χ3n) is 2.54. The van der Waals surface area contributed by atoms with Gasteiger partial charge in [0.15, 0.2) is 0 Å². The maximum atomic E-state index is 11.5. The number of thiocarbonyl (C=S) groups is 1. The Hall–Kier alpha value is -1.62. The molecule has 4 nitrogen and oxygen atoms in total. The van der Waals surface area contributed by atoms with E-state index >= 15 is 0 Å². The van der Waals surface area contributed by atoms with Gasteiger partial charge in [0.05, 0.1) is 0 Å². The zero-order valence-electron chi connectivity index (χ0n) is 10.2. The maximum absolute atomic E-state index is 11.5. The quantitative estimate of drug-likeness (QED) is 0.703. The van der Waals surface area contributed by atoms with Crippen LogP contribution < -0.4 is 16.4 Å². The molecule has 0 fully saturated rings. The van der Waals surface area contributed by atoms with Crippen molar-refractivity contribution in [2.75, 3.05) is 12.4 Å². The van der Waals surface area contributed by atoms with E-state index in [1.807, 2.05) is 25.1 Å². The molecule has 1 unspecified atom stereocenters. The van der Waals surface area contributed by atoms with E-state index in [1.165, 1.54) is 0 Å². The molecular weight excluding hydrogens is 234 g/mol. The van der Waals surface area contributed by atoms with Gasteiger partial charge >= 0.3 is 0 Å². The molecule has 0 radical (unpaired) electrons. The van der Waals surface area contributed by atoms with Crippen LogP contribution in [0, 0.1) is 6.92 Å². The minimum Gasteiger partial charge on any atom is -0.389 e. The van der Waals surface area contributed by atoms with E-state index in [2.05, 4.69) is 10.6 Å². The first kappa shape index (κ1) is 13.4. The standard InChI is InChI=1S/C12H17N3OS/c1-7-5-4-6-9(11(13)17)10(7)15-8(2)12(16)14-3/h4-6,8,15H,1-3H3,(H2,13,17)(H,14,16). The van der Waals surface area contributed by atoms with Gasteiger partial charge in [0.2, 0.25) is 5.91 Å². The first-order chi connectivity index (χ1) is 7.97. The molecule has 1 rings (SSSR count). The van der Waals surface area contributed by atoms with E-state index in [4.69, 9.17) is 18.0 Å². The Morgan fingerprint density at radius 1 is 1.47 bits per heavy atom. The molecule has 1 aromatic rings. The number of hydrogen-bond donors (Lipinski definition) is 3. The van der Waals surface area contributed by atoms with Crippen LogP contribution in [-0.2, 0) is 4.79 Å². The van der Waals surface area contributed by atoms with Crippen molar-refractivity contribution in [2.45, 2.75) is 19.9 Å².